The van der Waals surface area contributed by atoms with Crippen LogP contribution < -0.4 is 25.4 Å². The van der Waals surface area contributed by atoms with E-state index >= 15 is 0 Å². The third-order valence-corrected chi connectivity index (χ3v) is 11.8. The van der Waals surface area contributed by atoms with Crippen LogP contribution in [0, 0.1) is 5.92 Å². The summed E-state index contributed by atoms with van der Waals surface area (Å²) in [4.78, 5) is 73.0. The lowest BCUT2D eigenvalue weighted by molar-refractivity contribution is -0.141. The third-order valence-electron chi connectivity index (χ3n) is 9.98. The average molecular weight is 741 g/mol. The molecule has 52 heavy (non-hydrogen) atoms. The molecule has 1 saturated heterocycles. The fraction of sp³-hybridized carbons (Fsp3) is 0.583. The zero-order chi connectivity index (χ0) is 37.4. The fourth-order valence-corrected chi connectivity index (χ4v) is 8.34. The van der Waals surface area contributed by atoms with E-state index in [1.807, 2.05) is 12.2 Å². The maximum atomic E-state index is 14.3. The average Bonchev–Trinajstić information content (AvgIpc) is 3.96. The Morgan fingerprint density at radius 3 is 2.50 bits per heavy atom. The van der Waals surface area contributed by atoms with Gasteiger partial charge in [0.1, 0.15) is 34.7 Å². The van der Waals surface area contributed by atoms with E-state index in [4.69, 9.17) is 9.47 Å². The van der Waals surface area contributed by atoms with E-state index in [9.17, 15) is 32.4 Å². The molecule has 4 aliphatic rings. The normalized spacial score (nSPS) is 27.0. The molecule has 0 unspecified atom stereocenters. The number of fused-ring (bicyclic) bond motifs is 3. The monoisotopic (exact) mass is 740 g/mol. The van der Waals surface area contributed by atoms with Gasteiger partial charge in [-0.1, -0.05) is 25.0 Å². The Bertz CT molecular complexity index is 1880. The van der Waals surface area contributed by atoms with Crippen LogP contribution in [0.3, 0.4) is 0 Å². The number of rotatable bonds is 7. The highest BCUT2D eigenvalue weighted by molar-refractivity contribution is 7.91. The number of nitrogens with zero attached hydrogens (tertiary/aromatic N) is 1. The van der Waals surface area contributed by atoms with Gasteiger partial charge in [-0.3, -0.25) is 23.9 Å². The number of methoxy groups -OCH3 is 1. The van der Waals surface area contributed by atoms with E-state index in [0.717, 1.165) is 23.7 Å². The Kier molecular flexibility index (Phi) is 10.3. The lowest BCUT2D eigenvalue weighted by Gasteiger charge is -2.30. The first-order valence-corrected chi connectivity index (χ1v) is 19.5. The zero-order valence-electron chi connectivity index (χ0n) is 30.0. The van der Waals surface area contributed by atoms with Gasteiger partial charge in [0, 0.05) is 29.4 Å². The van der Waals surface area contributed by atoms with Gasteiger partial charge in [0.15, 0.2) is 0 Å². The fourth-order valence-electron chi connectivity index (χ4n) is 6.98. The maximum Gasteiger partial charge on any atom is 0.408 e. The largest absolute Gasteiger partial charge is 0.497 e. The second-order valence-corrected chi connectivity index (χ2v) is 17.2. The summed E-state index contributed by atoms with van der Waals surface area (Å²) in [7, 11) is -2.35. The van der Waals surface area contributed by atoms with Crippen molar-refractivity contribution in [3.8, 4) is 5.75 Å². The molecule has 282 valence electrons. The molecule has 2 aromatic rings. The van der Waals surface area contributed by atoms with Crippen LogP contribution in [0.25, 0.3) is 10.9 Å². The van der Waals surface area contributed by atoms with Crippen LogP contribution in [0.1, 0.15) is 89.0 Å². The Labute approximate surface area is 303 Å². The van der Waals surface area contributed by atoms with Crippen molar-refractivity contribution in [3.05, 3.63) is 42.1 Å². The van der Waals surface area contributed by atoms with E-state index < -0.39 is 80.2 Å². The number of carbonyl (C=O) groups excluding carboxylic acids is 5. The second kappa shape index (κ2) is 14.4. The highest BCUT2D eigenvalue weighted by atomic mass is 32.2. The molecule has 3 heterocycles. The SMILES string of the molecule is COc1ccc2[nH]c(C(=O)N[C@@H]3C[C@H]4C(=O)N[C@]5(C(=O)NS(=O)(=O)C6CC6)C[C@H]5C=CCCCCC[C@H](NC(=O)OC(C)(C)C)C(=O)N4C3)cc2c1. The molecule has 1 aromatic carbocycles. The van der Waals surface area contributed by atoms with Crippen molar-refractivity contribution in [3.63, 3.8) is 0 Å². The Hall–Kier alpha value is -4.60. The molecule has 5 atom stereocenters. The molecule has 15 nitrogen and oxygen atoms in total. The van der Waals surface area contributed by atoms with Crippen molar-refractivity contribution in [2.24, 2.45) is 5.92 Å². The Morgan fingerprint density at radius 1 is 1.02 bits per heavy atom. The molecule has 6 rings (SSSR count). The molecule has 2 aliphatic carbocycles. The van der Waals surface area contributed by atoms with Gasteiger partial charge in [0.25, 0.3) is 11.8 Å². The molecule has 0 spiro atoms. The molecule has 0 radical (unpaired) electrons. The summed E-state index contributed by atoms with van der Waals surface area (Å²) in [6.07, 6.45) is 7.20. The molecular formula is C36H48N6O9S. The van der Waals surface area contributed by atoms with Crippen LogP contribution in [0.2, 0.25) is 0 Å². The van der Waals surface area contributed by atoms with Gasteiger partial charge in [-0.15, -0.1) is 0 Å². The third kappa shape index (κ3) is 8.37. The number of allylic oxidation sites excluding steroid dienone is 1. The van der Waals surface area contributed by atoms with E-state index in [2.05, 4.69) is 25.7 Å². The van der Waals surface area contributed by atoms with Gasteiger partial charge in [0.2, 0.25) is 21.8 Å². The predicted octanol–water partition coefficient (Wildman–Crippen LogP) is 2.77. The Morgan fingerprint density at radius 2 is 1.79 bits per heavy atom. The van der Waals surface area contributed by atoms with Gasteiger partial charge in [-0.25, -0.2) is 13.2 Å². The van der Waals surface area contributed by atoms with Crippen molar-refractivity contribution < 1.29 is 41.9 Å². The smallest absolute Gasteiger partial charge is 0.408 e. The minimum Gasteiger partial charge on any atom is -0.497 e. The molecule has 3 fully saturated rings. The van der Waals surface area contributed by atoms with Crippen molar-refractivity contribution in [1.82, 2.24) is 30.6 Å². The molecule has 16 heteroatoms. The van der Waals surface area contributed by atoms with Crippen LogP contribution in [0.15, 0.2) is 36.4 Å². The van der Waals surface area contributed by atoms with Crippen molar-refractivity contribution in [2.75, 3.05) is 13.7 Å². The number of carbonyl (C=O) groups is 5. The van der Waals surface area contributed by atoms with Crippen LogP contribution in [-0.4, -0.2) is 96.2 Å². The summed E-state index contributed by atoms with van der Waals surface area (Å²) in [5, 5.41) is 8.59. The van der Waals surface area contributed by atoms with Crippen LogP contribution >= 0.6 is 0 Å². The molecule has 0 bridgehead atoms. The van der Waals surface area contributed by atoms with Crippen LogP contribution in [0.5, 0.6) is 5.75 Å². The van der Waals surface area contributed by atoms with Gasteiger partial charge in [-0.05, 0) is 90.0 Å². The number of sulfonamides is 1. The van der Waals surface area contributed by atoms with E-state index in [1.54, 1.807) is 52.1 Å². The summed E-state index contributed by atoms with van der Waals surface area (Å²) in [6.45, 7) is 5.08. The number of alkyl carbamates (subject to hydrolysis) is 1. The van der Waals surface area contributed by atoms with Gasteiger partial charge < -0.3 is 35.3 Å². The summed E-state index contributed by atoms with van der Waals surface area (Å²) < 4.78 is 38.5. The number of aromatic nitrogens is 1. The first kappa shape index (κ1) is 37.2. The van der Waals surface area contributed by atoms with Crippen LogP contribution in [-0.2, 0) is 29.1 Å². The quantitative estimate of drug-likeness (QED) is 0.265. The minimum absolute atomic E-state index is 0.00903. The Balaban J connectivity index is 1.27. The van der Waals surface area contributed by atoms with E-state index in [1.165, 1.54) is 4.90 Å². The molecule has 5 N–H and O–H groups in total. The van der Waals surface area contributed by atoms with E-state index in [-0.39, 0.29) is 31.5 Å². The van der Waals surface area contributed by atoms with Crippen molar-refractivity contribution in [1.29, 1.82) is 0 Å². The topological polar surface area (TPSA) is 205 Å². The number of nitrogens with one attached hydrogen (secondary N) is 5. The summed E-state index contributed by atoms with van der Waals surface area (Å²) in [5.74, 6) is -2.28. The highest BCUT2D eigenvalue weighted by Gasteiger charge is 2.62. The lowest BCUT2D eigenvalue weighted by Crippen LogP contribution is -2.58. The number of benzene rings is 1. The zero-order valence-corrected chi connectivity index (χ0v) is 30.8. The molecule has 5 amide bonds. The number of hydrogen-bond acceptors (Lipinski definition) is 9. The molecular weight excluding hydrogens is 692 g/mol. The van der Waals surface area contributed by atoms with Gasteiger partial charge in [-0.2, -0.15) is 0 Å². The number of ether oxygens (including phenoxy) is 2. The summed E-state index contributed by atoms with van der Waals surface area (Å²) >= 11 is 0. The van der Waals surface area contributed by atoms with Crippen LogP contribution in [0.4, 0.5) is 4.79 Å². The van der Waals surface area contributed by atoms with Crippen molar-refractivity contribution in [2.45, 2.75) is 113 Å². The lowest BCUT2D eigenvalue weighted by atomic mass is 10.0. The summed E-state index contributed by atoms with van der Waals surface area (Å²) in [6, 6.07) is 4.18. The van der Waals surface area contributed by atoms with E-state index in [0.29, 0.717) is 31.4 Å². The molecule has 2 aliphatic heterocycles. The molecule has 1 aromatic heterocycles. The first-order valence-electron chi connectivity index (χ1n) is 17.9. The second-order valence-electron chi connectivity index (χ2n) is 15.3. The minimum atomic E-state index is -3.90. The van der Waals surface area contributed by atoms with Gasteiger partial charge >= 0.3 is 6.09 Å². The maximum absolute atomic E-state index is 14.3. The number of aromatic amines is 1. The number of amides is 5. The predicted molar refractivity (Wildman–Crippen MR) is 191 cm³/mol. The summed E-state index contributed by atoms with van der Waals surface area (Å²) in [5.41, 5.74) is -1.35. The standard InChI is InChI=1S/C36H48N6O9S/c1-35(2,3)51-34(47)39-27-11-9-7-5-6-8-10-22-19-36(22,33(46)41-52(48,49)25-13-14-25)40-31(44)29-18-23(20-42(29)32(27)45)37-30(43)28-17-21-16-24(50-4)12-15-26(21)38-28/h8,10,12,15-17,22-23,25,27,29,38H,5-7,9,11,13-14,18-20H2,1-4H3,(H,37,43)(H,39,47)(H,40,44)(H,41,46)/t22-,23-,27+,29+,36-/m1/s1. The number of H-pyrrole nitrogens is 1. The molecule has 2 saturated carbocycles. The first-order chi connectivity index (χ1) is 24.6. The highest BCUT2D eigenvalue weighted by Crippen LogP contribution is 2.46. The number of hydrogen-bond donors (Lipinski definition) is 5. The van der Waals surface area contributed by atoms with Gasteiger partial charge in [0.05, 0.1) is 12.4 Å². The van der Waals surface area contributed by atoms with Crippen molar-refractivity contribution >= 4 is 50.6 Å².